The number of hydrogen-bond acceptors (Lipinski definition) is 2. The first-order valence-corrected chi connectivity index (χ1v) is 7.30. The fraction of sp³-hybridized carbons (Fsp3) is 0.500. The largest absolute Gasteiger partial charge is 0.360 e. The summed E-state index contributed by atoms with van der Waals surface area (Å²) in [6.45, 7) is 0. The monoisotopic (exact) mass is 329 g/mol. The molecule has 0 radical (unpaired) electrons. The lowest BCUT2D eigenvalue weighted by atomic mass is 9.83. The lowest BCUT2D eigenvalue weighted by Gasteiger charge is -2.47. The van der Waals surface area contributed by atoms with E-state index in [1.165, 1.54) is 12.1 Å². The van der Waals surface area contributed by atoms with E-state index < -0.39 is 11.6 Å². The highest BCUT2D eigenvalue weighted by molar-refractivity contribution is 9.10. The van der Waals surface area contributed by atoms with Gasteiger partial charge in [0.25, 0.3) is 0 Å². The van der Waals surface area contributed by atoms with Crippen molar-refractivity contribution in [3.05, 3.63) is 28.2 Å². The smallest absolute Gasteiger partial charge is 0.150 e. The number of benzene rings is 1. The molecule has 2 heterocycles. The minimum atomic E-state index is -0.557. The van der Waals surface area contributed by atoms with Gasteiger partial charge in [0, 0.05) is 29.4 Å². The van der Waals surface area contributed by atoms with Gasteiger partial charge in [-0.1, -0.05) is 15.9 Å². The van der Waals surface area contributed by atoms with Gasteiger partial charge in [-0.2, -0.15) is 0 Å². The predicted octanol–water partition coefficient (Wildman–Crippen LogP) is 3.82. The lowest BCUT2D eigenvalue weighted by Crippen LogP contribution is -2.53. The van der Waals surface area contributed by atoms with Gasteiger partial charge in [-0.3, -0.25) is 4.79 Å². The Hall–Kier alpha value is -0.970. The van der Waals surface area contributed by atoms with Gasteiger partial charge in [0.15, 0.2) is 11.6 Å². The van der Waals surface area contributed by atoms with E-state index in [2.05, 4.69) is 15.9 Å². The molecule has 2 saturated heterocycles. The topological polar surface area (TPSA) is 20.3 Å². The second kappa shape index (κ2) is 4.85. The fourth-order valence-electron chi connectivity index (χ4n) is 3.32. The summed E-state index contributed by atoms with van der Waals surface area (Å²) in [4.78, 5) is 13.5. The zero-order chi connectivity index (χ0) is 13.6. The quantitative estimate of drug-likeness (QED) is 0.780. The molecule has 2 unspecified atom stereocenters. The maximum atomic E-state index is 14.1. The molecule has 1 aromatic carbocycles. The van der Waals surface area contributed by atoms with Gasteiger partial charge < -0.3 is 4.90 Å². The molecule has 0 aromatic heterocycles. The fourth-order valence-corrected chi connectivity index (χ4v) is 3.72. The predicted molar refractivity (Wildman–Crippen MR) is 72.2 cm³/mol. The first-order valence-electron chi connectivity index (χ1n) is 6.51. The van der Waals surface area contributed by atoms with Crippen molar-refractivity contribution in [2.24, 2.45) is 0 Å². The third kappa shape index (κ3) is 2.29. The summed E-state index contributed by atoms with van der Waals surface area (Å²) in [7, 11) is 0. The molecule has 2 nitrogen and oxygen atoms in total. The molecule has 1 aromatic rings. The number of halogens is 3. The minimum absolute atomic E-state index is 0.0328. The van der Waals surface area contributed by atoms with E-state index in [9.17, 15) is 13.6 Å². The van der Waals surface area contributed by atoms with Crippen molar-refractivity contribution >= 4 is 27.4 Å². The van der Waals surface area contributed by atoms with E-state index in [0.29, 0.717) is 17.3 Å². The van der Waals surface area contributed by atoms with Gasteiger partial charge in [0.05, 0.1) is 0 Å². The molecule has 2 aliphatic heterocycles. The van der Waals surface area contributed by atoms with Crippen LogP contribution in [-0.2, 0) is 4.79 Å². The second-order valence-corrected chi connectivity index (χ2v) is 6.23. The number of carbonyl (C=O) groups excluding carboxylic acids is 1. The number of Topliss-reactive ketones (excluding diaryl/α,β-unsaturated/α-hetero) is 1. The standard InChI is InChI=1S/C14H14BrF2NO/c15-8-4-12(16)14(13(17)5-8)18-9-2-1-3-10(18)7-11(19)6-9/h4-5,9-10H,1-3,6-7H2. The number of ketones is 1. The Bertz CT molecular complexity index is 495. The molecule has 0 spiro atoms. The van der Waals surface area contributed by atoms with Crippen LogP contribution in [0.5, 0.6) is 0 Å². The summed E-state index contributed by atoms with van der Waals surface area (Å²) in [5.41, 5.74) is 0.0328. The Balaban J connectivity index is 2.04. The van der Waals surface area contributed by atoms with Crippen LogP contribution in [0.4, 0.5) is 14.5 Å². The van der Waals surface area contributed by atoms with Crippen molar-refractivity contribution in [2.45, 2.75) is 44.2 Å². The van der Waals surface area contributed by atoms with Crippen LogP contribution in [0.1, 0.15) is 32.1 Å². The van der Waals surface area contributed by atoms with Crippen LogP contribution >= 0.6 is 15.9 Å². The molecule has 102 valence electrons. The Kier molecular flexibility index (Phi) is 3.33. The van der Waals surface area contributed by atoms with E-state index in [0.717, 1.165) is 19.3 Å². The van der Waals surface area contributed by atoms with Crippen LogP contribution in [-0.4, -0.2) is 17.9 Å². The second-order valence-electron chi connectivity index (χ2n) is 5.31. The van der Waals surface area contributed by atoms with Crippen molar-refractivity contribution in [3.63, 3.8) is 0 Å². The first-order chi connectivity index (χ1) is 9.06. The SMILES string of the molecule is O=C1CC2CCCC(C1)N2c1c(F)cc(Br)cc1F. The molecule has 2 atom stereocenters. The Morgan fingerprint density at radius 2 is 1.63 bits per heavy atom. The summed E-state index contributed by atoms with van der Waals surface area (Å²) < 4.78 is 28.6. The van der Waals surface area contributed by atoms with Crippen LogP contribution in [0.2, 0.25) is 0 Å². The molecule has 2 fully saturated rings. The van der Waals surface area contributed by atoms with Gasteiger partial charge in [0.1, 0.15) is 11.5 Å². The van der Waals surface area contributed by atoms with Crippen molar-refractivity contribution in [1.82, 2.24) is 0 Å². The van der Waals surface area contributed by atoms with E-state index in [4.69, 9.17) is 0 Å². The van der Waals surface area contributed by atoms with Crippen LogP contribution in [0.25, 0.3) is 0 Å². The van der Waals surface area contributed by atoms with E-state index in [1.807, 2.05) is 4.90 Å². The molecule has 19 heavy (non-hydrogen) atoms. The highest BCUT2D eigenvalue weighted by atomic mass is 79.9. The van der Waals surface area contributed by atoms with Gasteiger partial charge in [0.2, 0.25) is 0 Å². The zero-order valence-electron chi connectivity index (χ0n) is 10.3. The molecule has 2 bridgehead atoms. The molecule has 2 aliphatic rings. The van der Waals surface area contributed by atoms with Crippen molar-refractivity contribution in [3.8, 4) is 0 Å². The summed E-state index contributed by atoms with van der Waals surface area (Å²) >= 11 is 3.09. The number of rotatable bonds is 1. The van der Waals surface area contributed by atoms with Gasteiger partial charge in [-0.15, -0.1) is 0 Å². The summed E-state index contributed by atoms with van der Waals surface area (Å²) in [5.74, 6) is -0.903. The molecular formula is C14H14BrF2NO. The van der Waals surface area contributed by atoms with Crippen molar-refractivity contribution in [1.29, 1.82) is 0 Å². The number of carbonyl (C=O) groups is 1. The van der Waals surface area contributed by atoms with Gasteiger partial charge in [-0.05, 0) is 31.4 Å². The summed E-state index contributed by atoms with van der Waals surface area (Å²) in [6, 6.07) is 2.46. The number of piperidine rings is 2. The average molecular weight is 330 g/mol. The summed E-state index contributed by atoms with van der Waals surface area (Å²) in [5, 5.41) is 0. The van der Waals surface area contributed by atoms with Crippen LogP contribution < -0.4 is 4.90 Å². The normalized spacial score (nSPS) is 26.7. The number of fused-ring (bicyclic) bond motifs is 2. The zero-order valence-corrected chi connectivity index (χ0v) is 11.9. The van der Waals surface area contributed by atoms with Gasteiger partial charge in [-0.25, -0.2) is 8.78 Å². The third-order valence-corrected chi connectivity index (χ3v) is 4.49. The summed E-state index contributed by atoms with van der Waals surface area (Å²) in [6.07, 6.45) is 3.50. The molecule has 0 N–H and O–H groups in total. The Morgan fingerprint density at radius 1 is 1.11 bits per heavy atom. The molecule has 0 aliphatic carbocycles. The highest BCUT2D eigenvalue weighted by Gasteiger charge is 2.39. The molecule has 5 heteroatoms. The van der Waals surface area contributed by atoms with Crippen molar-refractivity contribution in [2.75, 3.05) is 4.90 Å². The third-order valence-electron chi connectivity index (χ3n) is 4.03. The lowest BCUT2D eigenvalue weighted by molar-refractivity contribution is -0.121. The molecule has 0 amide bonds. The Labute approximate surface area is 118 Å². The Morgan fingerprint density at radius 3 is 2.16 bits per heavy atom. The van der Waals surface area contributed by atoms with E-state index in [-0.39, 0.29) is 23.6 Å². The molecular weight excluding hydrogens is 316 g/mol. The van der Waals surface area contributed by atoms with Crippen LogP contribution in [0, 0.1) is 11.6 Å². The first kappa shape index (κ1) is 13.0. The number of nitrogens with zero attached hydrogens (tertiary/aromatic N) is 1. The highest BCUT2D eigenvalue weighted by Crippen LogP contribution is 2.39. The molecule has 0 saturated carbocycles. The maximum absolute atomic E-state index is 14.1. The maximum Gasteiger partial charge on any atom is 0.150 e. The van der Waals surface area contributed by atoms with Crippen LogP contribution in [0.15, 0.2) is 16.6 Å². The number of hydrogen-bond donors (Lipinski definition) is 0. The number of anilines is 1. The van der Waals surface area contributed by atoms with E-state index in [1.54, 1.807) is 0 Å². The molecule has 3 rings (SSSR count). The van der Waals surface area contributed by atoms with E-state index >= 15 is 0 Å². The average Bonchev–Trinajstić information content (AvgIpc) is 2.28. The minimum Gasteiger partial charge on any atom is -0.360 e. The van der Waals surface area contributed by atoms with Gasteiger partial charge >= 0.3 is 0 Å². The van der Waals surface area contributed by atoms with Crippen LogP contribution in [0.3, 0.4) is 0 Å². The van der Waals surface area contributed by atoms with Crippen molar-refractivity contribution < 1.29 is 13.6 Å².